The third-order valence-corrected chi connectivity index (χ3v) is 3.70. The number of carbonyl (C=O) groups excluding carboxylic acids is 1. The van der Waals surface area contributed by atoms with E-state index in [1.807, 2.05) is 13.8 Å². The van der Waals surface area contributed by atoms with Crippen LogP contribution in [0.5, 0.6) is 0 Å². The van der Waals surface area contributed by atoms with Gasteiger partial charge in [0.05, 0.1) is 12.2 Å². The Balaban J connectivity index is 2.12. The van der Waals surface area contributed by atoms with Gasteiger partial charge in [0.1, 0.15) is 17.0 Å². The Kier molecular flexibility index (Phi) is 4.85. The lowest BCUT2D eigenvalue weighted by atomic mass is 9.95. The summed E-state index contributed by atoms with van der Waals surface area (Å²) in [7, 11) is 0. The van der Waals surface area contributed by atoms with Gasteiger partial charge in [-0.25, -0.2) is 4.39 Å². The van der Waals surface area contributed by atoms with Crippen molar-refractivity contribution in [3.63, 3.8) is 0 Å². The Morgan fingerprint density at radius 2 is 2.00 bits per heavy atom. The molecule has 0 spiro atoms. The van der Waals surface area contributed by atoms with Crippen molar-refractivity contribution in [3.05, 3.63) is 52.7 Å². The molecule has 0 bridgehead atoms. The van der Waals surface area contributed by atoms with Gasteiger partial charge in [-0.3, -0.25) is 4.79 Å². The number of hydrogen-bond acceptors (Lipinski definition) is 4. The lowest BCUT2D eigenvalue weighted by Gasteiger charge is -2.24. The van der Waals surface area contributed by atoms with E-state index in [2.05, 4.69) is 10.5 Å². The predicted octanol–water partition coefficient (Wildman–Crippen LogP) is 2.88. The first-order chi connectivity index (χ1) is 10.7. The number of nitrogens with zero attached hydrogens (tertiary/aromatic N) is 1. The number of rotatable bonds is 5. The zero-order chi connectivity index (χ0) is 17.2. The maximum absolute atomic E-state index is 13.0. The molecule has 1 aromatic heterocycles. The molecule has 124 valence electrons. The molecule has 1 aromatic carbocycles. The molecule has 2 rings (SSSR count). The molecule has 0 aliphatic heterocycles. The average molecular weight is 320 g/mol. The molecule has 5 nitrogen and oxygen atoms in total. The van der Waals surface area contributed by atoms with Crippen molar-refractivity contribution in [2.24, 2.45) is 0 Å². The van der Waals surface area contributed by atoms with E-state index in [0.717, 1.165) is 0 Å². The Bertz CT molecular complexity index is 690. The van der Waals surface area contributed by atoms with Crippen LogP contribution in [0.3, 0.4) is 0 Å². The van der Waals surface area contributed by atoms with Crippen molar-refractivity contribution in [1.29, 1.82) is 0 Å². The highest BCUT2D eigenvalue weighted by atomic mass is 19.1. The van der Waals surface area contributed by atoms with Gasteiger partial charge in [0.25, 0.3) is 5.91 Å². The summed E-state index contributed by atoms with van der Waals surface area (Å²) in [5.74, 6) is -0.193. The van der Waals surface area contributed by atoms with E-state index in [1.165, 1.54) is 24.3 Å². The number of nitrogens with one attached hydrogen (secondary N) is 1. The quantitative estimate of drug-likeness (QED) is 0.888. The first-order valence-corrected chi connectivity index (χ1v) is 7.45. The van der Waals surface area contributed by atoms with E-state index < -0.39 is 5.60 Å². The van der Waals surface area contributed by atoms with Crippen molar-refractivity contribution >= 4 is 5.91 Å². The second-order valence-corrected chi connectivity index (χ2v) is 6.13. The normalized spacial score (nSPS) is 13.9. The van der Waals surface area contributed by atoms with E-state index in [4.69, 9.17) is 4.52 Å². The van der Waals surface area contributed by atoms with Crippen LogP contribution in [0.4, 0.5) is 4.39 Å². The molecule has 23 heavy (non-hydrogen) atoms. The minimum absolute atomic E-state index is 0.0143. The van der Waals surface area contributed by atoms with Crippen LogP contribution < -0.4 is 5.32 Å². The van der Waals surface area contributed by atoms with Gasteiger partial charge < -0.3 is 14.9 Å². The van der Waals surface area contributed by atoms with E-state index in [1.54, 1.807) is 13.8 Å². The molecule has 1 unspecified atom stereocenters. The Morgan fingerprint density at radius 3 is 2.57 bits per heavy atom. The molecule has 0 aliphatic carbocycles. The number of hydrogen-bond donors (Lipinski definition) is 2. The minimum atomic E-state index is -1.31. The molecule has 0 aliphatic rings. The Hall–Kier alpha value is -2.21. The van der Waals surface area contributed by atoms with Crippen molar-refractivity contribution in [2.45, 2.75) is 39.2 Å². The van der Waals surface area contributed by atoms with Gasteiger partial charge in [-0.1, -0.05) is 31.1 Å². The molecular weight excluding hydrogens is 299 g/mol. The first-order valence-electron chi connectivity index (χ1n) is 7.45. The van der Waals surface area contributed by atoms with Crippen molar-refractivity contribution < 1.29 is 18.8 Å². The third kappa shape index (κ3) is 3.76. The smallest absolute Gasteiger partial charge is 0.256 e. The molecule has 1 atom stereocenters. The fraction of sp³-hybridized carbons (Fsp3) is 0.412. The van der Waals surface area contributed by atoms with Gasteiger partial charge in [0.15, 0.2) is 5.76 Å². The summed E-state index contributed by atoms with van der Waals surface area (Å²) in [6.45, 7) is 7.06. The van der Waals surface area contributed by atoms with Gasteiger partial charge in [0, 0.05) is 5.92 Å². The third-order valence-electron chi connectivity index (χ3n) is 3.70. The summed E-state index contributed by atoms with van der Waals surface area (Å²) in [5.41, 5.74) is 0.111. The molecular formula is C17H21FN2O3. The summed E-state index contributed by atoms with van der Waals surface area (Å²) in [4.78, 5) is 12.4. The summed E-state index contributed by atoms with van der Waals surface area (Å²) in [5, 5.41) is 17.0. The average Bonchev–Trinajstić information content (AvgIpc) is 2.87. The molecule has 6 heteroatoms. The highest BCUT2D eigenvalue weighted by Gasteiger charge is 2.27. The van der Waals surface area contributed by atoms with Crippen LogP contribution in [0.15, 0.2) is 28.8 Å². The first kappa shape index (κ1) is 17.1. The van der Waals surface area contributed by atoms with Crippen LogP contribution >= 0.6 is 0 Å². The number of amides is 1. The lowest BCUT2D eigenvalue weighted by Crippen LogP contribution is -2.39. The van der Waals surface area contributed by atoms with E-state index in [-0.39, 0.29) is 24.2 Å². The summed E-state index contributed by atoms with van der Waals surface area (Å²) in [6, 6.07) is 5.52. The van der Waals surface area contributed by atoms with Crippen molar-refractivity contribution in [2.75, 3.05) is 6.54 Å². The molecule has 2 N–H and O–H groups in total. The largest absolute Gasteiger partial charge is 0.384 e. The minimum Gasteiger partial charge on any atom is -0.384 e. The lowest BCUT2D eigenvalue weighted by molar-refractivity contribution is 0.0525. The van der Waals surface area contributed by atoms with Gasteiger partial charge in [0.2, 0.25) is 0 Å². The predicted molar refractivity (Wildman–Crippen MR) is 83.6 cm³/mol. The summed E-state index contributed by atoms with van der Waals surface area (Å²) >= 11 is 0. The summed E-state index contributed by atoms with van der Waals surface area (Å²) < 4.78 is 18.2. The fourth-order valence-electron chi connectivity index (χ4n) is 2.31. The van der Waals surface area contributed by atoms with Crippen LogP contribution in [0.1, 0.15) is 54.1 Å². The molecule has 0 saturated heterocycles. The number of benzene rings is 1. The molecule has 0 radical (unpaired) electrons. The van der Waals surface area contributed by atoms with Crippen LogP contribution in [-0.2, 0) is 5.60 Å². The van der Waals surface area contributed by atoms with Crippen LogP contribution in [0.25, 0.3) is 0 Å². The van der Waals surface area contributed by atoms with Gasteiger partial charge in [-0.2, -0.15) is 0 Å². The van der Waals surface area contributed by atoms with Crippen LogP contribution in [0.2, 0.25) is 0 Å². The molecule has 1 amide bonds. The molecule has 0 saturated carbocycles. The van der Waals surface area contributed by atoms with Crippen LogP contribution in [0, 0.1) is 12.7 Å². The van der Waals surface area contributed by atoms with Crippen molar-refractivity contribution in [1.82, 2.24) is 10.5 Å². The SMILES string of the molecule is Cc1noc(C(C)C)c1C(=O)NCC(C)(O)c1ccc(F)cc1. The molecule has 1 heterocycles. The number of carbonyl (C=O) groups is 1. The van der Waals surface area contributed by atoms with Gasteiger partial charge >= 0.3 is 0 Å². The van der Waals surface area contributed by atoms with Crippen molar-refractivity contribution in [3.8, 4) is 0 Å². The second kappa shape index (κ2) is 6.50. The molecule has 0 fully saturated rings. The zero-order valence-electron chi connectivity index (χ0n) is 13.7. The maximum Gasteiger partial charge on any atom is 0.256 e. The standard InChI is InChI=1S/C17H21FN2O3/c1-10(2)15-14(11(3)20-23-15)16(21)19-9-17(4,22)12-5-7-13(18)8-6-12/h5-8,10,22H,9H2,1-4H3,(H,19,21). The number of aliphatic hydroxyl groups is 1. The zero-order valence-corrected chi connectivity index (χ0v) is 13.7. The number of halogens is 1. The topological polar surface area (TPSA) is 75.4 Å². The summed E-state index contributed by atoms with van der Waals surface area (Å²) in [6.07, 6.45) is 0. The number of aryl methyl sites for hydroxylation is 1. The van der Waals surface area contributed by atoms with Gasteiger partial charge in [-0.05, 0) is 31.5 Å². The molecule has 2 aromatic rings. The Morgan fingerprint density at radius 1 is 1.39 bits per heavy atom. The fourth-order valence-corrected chi connectivity index (χ4v) is 2.31. The maximum atomic E-state index is 13.0. The number of aromatic nitrogens is 1. The van der Waals surface area contributed by atoms with Crippen LogP contribution in [-0.4, -0.2) is 22.7 Å². The monoisotopic (exact) mass is 320 g/mol. The highest BCUT2D eigenvalue weighted by molar-refractivity contribution is 5.96. The van der Waals surface area contributed by atoms with E-state index >= 15 is 0 Å². The van der Waals surface area contributed by atoms with Gasteiger partial charge in [-0.15, -0.1) is 0 Å². The Labute approximate surface area is 134 Å². The van der Waals surface area contributed by atoms with E-state index in [9.17, 15) is 14.3 Å². The second-order valence-electron chi connectivity index (χ2n) is 6.13. The highest BCUT2D eigenvalue weighted by Crippen LogP contribution is 2.23. The van der Waals surface area contributed by atoms with E-state index in [0.29, 0.717) is 22.6 Å².